The molecule has 0 amide bonds. The van der Waals surface area contributed by atoms with Crippen molar-refractivity contribution in [2.45, 2.75) is 57.4 Å². The van der Waals surface area contributed by atoms with Crippen LogP contribution < -0.4 is 9.64 Å². The number of Topliss-reactive ketones (excluding diaryl/α,β-unsaturated/α-hetero) is 2. The lowest BCUT2D eigenvalue weighted by Crippen LogP contribution is -2.31. The van der Waals surface area contributed by atoms with Gasteiger partial charge in [-0.15, -0.1) is 10.2 Å². The van der Waals surface area contributed by atoms with Crippen molar-refractivity contribution in [2.75, 3.05) is 25.1 Å². The molecule has 0 saturated carbocycles. The van der Waals surface area contributed by atoms with E-state index in [-0.39, 0.29) is 11.6 Å². The third kappa shape index (κ3) is 4.49. The molecule has 1 aliphatic rings. The zero-order chi connectivity index (χ0) is 24.4. The first-order valence-electron chi connectivity index (χ1n) is 11.6. The summed E-state index contributed by atoms with van der Waals surface area (Å²) in [7, 11) is 1.64. The van der Waals surface area contributed by atoms with Gasteiger partial charge in [-0.3, -0.25) is 14.2 Å². The molecule has 2 aromatic heterocycles. The fourth-order valence-corrected chi connectivity index (χ4v) is 5.52. The number of para-hydroxylation sites is 2. The third-order valence-electron chi connectivity index (χ3n) is 6.27. The molecule has 0 spiro atoms. The maximum Gasteiger partial charge on any atom is 0.232 e. The zero-order valence-corrected chi connectivity index (χ0v) is 21.2. The third-order valence-corrected chi connectivity index (χ3v) is 7.31. The first kappa shape index (κ1) is 24.1. The van der Waals surface area contributed by atoms with Crippen LogP contribution in [0.3, 0.4) is 0 Å². The lowest BCUT2D eigenvalue weighted by molar-refractivity contribution is 0.0988. The highest BCUT2D eigenvalue weighted by Gasteiger charge is 2.28. The summed E-state index contributed by atoms with van der Waals surface area (Å²) in [5.74, 6) is 1.35. The normalized spacial score (nSPS) is 14.8. The second-order valence-corrected chi connectivity index (χ2v) is 9.95. The number of H-pyrrole nitrogens is 1. The maximum absolute atomic E-state index is 13.4. The number of nitrogens with one attached hydrogen (secondary N) is 1. The standard InChI is InChI=1S/C25H31N5O3S/c1-15-21(17(3)31)16(2)26-22(15)23(32)18(4)34-25-28-27-24(29-13-9-6-10-14-29)30(25)19-11-7-8-12-20(19)33-5/h7-8,11-12,18,26H,6,9-10,13-14H2,1-5H3. The second-order valence-electron chi connectivity index (χ2n) is 8.64. The van der Waals surface area contributed by atoms with Crippen LogP contribution in [0.25, 0.3) is 5.69 Å². The van der Waals surface area contributed by atoms with Gasteiger partial charge >= 0.3 is 0 Å². The number of hydrogen-bond donors (Lipinski definition) is 1. The van der Waals surface area contributed by atoms with Gasteiger partial charge < -0.3 is 14.6 Å². The molecular formula is C25H31N5O3S. The first-order chi connectivity index (χ1) is 16.3. The van der Waals surface area contributed by atoms with E-state index in [0.717, 1.165) is 43.3 Å². The van der Waals surface area contributed by atoms with E-state index in [1.54, 1.807) is 7.11 Å². The maximum atomic E-state index is 13.4. The highest BCUT2D eigenvalue weighted by molar-refractivity contribution is 8.00. The van der Waals surface area contributed by atoms with Gasteiger partial charge in [0.25, 0.3) is 0 Å². The largest absolute Gasteiger partial charge is 0.495 e. The van der Waals surface area contributed by atoms with Crippen LogP contribution in [0.5, 0.6) is 5.75 Å². The number of ketones is 2. The SMILES string of the molecule is COc1ccccc1-n1c(SC(C)C(=O)c2[nH]c(C)c(C(C)=O)c2C)nnc1N1CCCCC1. The number of piperidine rings is 1. The summed E-state index contributed by atoms with van der Waals surface area (Å²) in [4.78, 5) is 30.8. The number of aromatic amines is 1. The van der Waals surface area contributed by atoms with E-state index >= 15 is 0 Å². The molecule has 180 valence electrons. The molecule has 4 rings (SSSR count). The van der Waals surface area contributed by atoms with Crippen molar-refractivity contribution in [1.29, 1.82) is 0 Å². The quantitative estimate of drug-likeness (QED) is 0.366. The predicted molar refractivity (Wildman–Crippen MR) is 134 cm³/mol. The summed E-state index contributed by atoms with van der Waals surface area (Å²) in [6.07, 6.45) is 3.43. The number of aryl methyl sites for hydroxylation is 1. The van der Waals surface area contributed by atoms with Crippen LogP contribution in [-0.4, -0.2) is 56.8 Å². The molecule has 9 heteroatoms. The van der Waals surface area contributed by atoms with Gasteiger partial charge in [0.15, 0.2) is 16.7 Å². The molecule has 1 unspecified atom stereocenters. The smallest absolute Gasteiger partial charge is 0.232 e. The van der Waals surface area contributed by atoms with Crippen LogP contribution in [0.15, 0.2) is 29.4 Å². The summed E-state index contributed by atoms with van der Waals surface area (Å²) in [6, 6.07) is 7.76. The number of methoxy groups -OCH3 is 1. The minimum Gasteiger partial charge on any atom is -0.495 e. The van der Waals surface area contributed by atoms with Crippen molar-refractivity contribution < 1.29 is 14.3 Å². The fraction of sp³-hybridized carbons (Fsp3) is 0.440. The van der Waals surface area contributed by atoms with Crippen molar-refractivity contribution in [1.82, 2.24) is 19.7 Å². The number of thioether (sulfide) groups is 1. The number of hydrogen-bond acceptors (Lipinski definition) is 7. The highest BCUT2D eigenvalue weighted by atomic mass is 32.2. The van der Waals surface area contributed by atoms with Gasteiger partial charge in [0.05, 0.1) is 23.7 Å². The summed E-state index contributed by atoms with van der Waals surface area (Å²) in [5.41, 5.74) is 3.31. The molecule has 0 radical (unpaired) electrons. The van der Waals surface area contributed by atoms with Gasteiger partial charge in [-0.25, -0.2) is 0 Å². The molecule has 8 nitrogen and oxygen atoms in total. The molecule has 34 heavy (non-hydrogen) atoms. The van der Waals surface area contributed by atoms with Gasteiger partial charge in [0.1, 0.15) is 5.75 Å². The van der Waals surface area contributed by atoms with Gasteiger partial charge in [-0.1, -0.05) is 23.9 Å². The van der Waals surface area contributed by atoms with Crippen molar-refractivity contribution >= 4 is 29.3 Å². The number of aromatic nitrogens is 4. The monoisotopic (exact) mass is 481 g/mol. The van der Waals surface area contributed by atoms with E-state index in [1.165, 1.54) is 25.1 Å². The Kier molecular flexibility index (Phi) is 7.11. The Morgan fingerprint density at radius 2 is 1.82 bits per heavy atom. The topological polar surface area (TPSA) is 93.1 Å². The summed E-state index contributed by atoms with van der Waals surface area (Å²) < 4.78 is 7.63. The second kappa shape index (κ2) is 10.0. The molecule has 1 atom stereocenters. The van der Waals surface area contributed by atoms with E-state index in [1.807, 2.05) is 49.6 Å². The molecule has 1 aliphatic heterocycles. The van der Waals surface area contributed by atoms with Crippen molar-refractivity contribution in [3.05, 3.63) is 46.8 Å². The first-order valence-corrected chi connectivity index (χ1v) is 12.5. The predicted octanol–water partition coefficient (Wildman–Crippen LogP) is 4.78. The fourth-order valence-electron chi connectivity index (χ4n) is 4.60. The average Bonchev–Trinajstić information content (AvgIpc) is 3.38. The van der Waals surface area contributed by atoms with Crippen molar-refractivity contribution in [3.63, 3.8) is 0 Å². The number of nitrogens with zero attached hydrogens (tertiary/aromatic N) is 4. The lowest BCUT2D eigenvalue weighted by atomic mass is 10.0. The molecule has 0 aliphatic carbocycles. The van der Waals surface area contributed by atoms with Crippen LogP contribution in [-0.2, 0) is 0 Å². The van der Waals surface area contributed by atoms with Crippen LogP contribution in [0, 0.1) is 13.8 Å². The molecule has 3 aromatic rings. The summed E-state index contributed by atoms with van der Waals surface area (Å²) in [6.45, 7) is 8.85. The Morgan fingerprint density at radius 1 is 1.12 bits per heavy atom. The minimum absolute atomic E-state index is 0.0484. The van der Waals surface area contributed by atoms with Crippen LogP contribution in [0.4, 0.5) is 5.95 Å². The number of carbonyl (C=O) groups is 2. The lowest BCUT2D eigenvalue weighted by Gasteiger charge is -2.28. The van der Waals surface area contributed by atoms with Crippen LogP contribution in [0.1, 0.15) is 65.2 Å². The Labute approximate surface area is 204 Å². The zero-order valence-electron chi connectivity index (χ0n) is 20.3. The van der Waals surface area contributed by atoms with E-state index in [9.17, 15) is 9.59 Å². The van der Waals surface area contributed by atoms with E-state index in [4.69, 9.17) is 4.74 Å². The van der Waals surface area contributed by atoms with Gasteiger partial charge in [0, 0.05) is 24.3 Å². The van der Waals surface area contributed by atoms with Gasteiger partial charge in [-0.2, -0.15) is 0 Å². The molecule has 0 bridgehead atoms. The molecule has 1 fully saturated rings. The van der Waals surface area contributed by atoms with Crippen LogP contribution in [0.2, 0.25) is 0 Å². The Balaban J connectivity index is 1.71. The number of carbonyl (C=O) groups excluding carboxylic acids is 2. The molecule has 1 N–H and O–H groups in total. The molecular weight excluding hydrogens is 450 g/mol. The summed E-state index contributed by atoms with van der Waals surface area (Å²) in [5, 5.41) is 9.21. The number of ether oxygens (including phenoxy) is 1. The van der Waals surface area contributed by atoms with Crippen molar-refractivity contribution in [3.8, 4) is 11.4 Å². The van der Waals surface area contributed by atoms with E-state index < -0.39 is 5.25 Å². The average molecular weight is 482 g/mol. The van der Waals surface area contributed by atoms with Crippen LogP contribution >= 0.6 is 11.8 Å². The van der Waals surface area contributed by atoms with Gasteiger partial charge in [-0.05, 0) is 64.7 Å². The highest BCUT2D eigenvalue weighted by Crippen LogP contribution is 2.35. The molecule has 1 saturated heterocycles. The Hall–Kier alpha value is -3.07. The number of benzene rings is 1. The van der Waals surface area contributed by atoms with E-state index in [2.05, 4.69) is 20.1 Å². The van der Waals surface area contributed by atoms with Gasteiger partial charge in [0.2, 0.25) is 5.95 Å². The molecule has 1 aromatic carbocycles. The number of anilines is 1. The van der Waals surface area contributed by atoms with Crippen molar-refractivity contribution in [2.24, 2.45) is 0 Å². The Morgan fingerprint density at radius 3 is 2.47 bits per heavy atom. The molecule has 3 heterocycles. The Bertz CT molecular complexity index is 1210. The summed E-state index contributed by atoms with van der Waals surface area (Å²) >= 11 is 1.36. The minimum atomic E-state index is -0.441. The van der Waals surface area contributed by atoms with E-state index in [0.29, 0.717) is 27.7 Å². The number of rotatable bonds is 8.